The van der Waals surface area contributed by atoms with Crippen LogP contribution in [0.2, 0.25) is 5.82 Å². The first kappa shape index (κ1) is 15.6. The topological polar surface area (TPSA) is 72.8 Å². The fraction of sp³-hybridized carbons (Fsp3) is 0.467. The van der Waals surface area contributed by atoms with Crippen LogP contribution in [-0.4, -0.2) is 30.5 Å². The molecule has 21 heavy (non-hydrogen) atoms. The molecule has 0 saturated carbocycles. The molecule has 0 unspecified atom stereocenters. The zero-order chi connectivity index (χ0) is 15.4. The number of ketones is 1. The molecular formula is C15H19BO5. The van der Waals surface area contributed by atoms with Gasteiger partial charge in [-0.2, -0.15) is 0 Å². The van der Waals surface area contributed by atoms with Crippen LogP contribution < -0.4 is 4.65 Å². The maximum Gasteiger partial charge on any atom is 0.526 e. The molecule has 0 spiro atoms. The SMILES string of the molecule is CCCOC(=O)c1cccc2c1OB(O)[C@@H](CC(C)=O)C2. The highest BCUT2D eigenvalue weighted by atomic mass is 16.5. The van der Waals surface area contributed by atoms with Crippen molar-refractivity contribution >= 4 is 18.9 Å². The Bertz CT molecular complexity index is 543. The summed E-state index contributed by atoms with van der Waals surface area (Å²) in [6.45, 7) is 3.75. The van der Waals surface area contributed by atoms with E-state index in [1.54, 1.807) is 12.1 Å². The molecule has 0 fully saturated rings. The Labute approximate surface area is 124 Å². The predicted octanol–water partition coefficient (Wildman–Crippen LogP) is 2.02. The number of fused-ring (bicyclic) bond motifs is 1. The lowest BCUT2D eigenvalue weighted by Gasteiger charge is -2.28. The van der Waals surface area contributed by atoms with Crippen molar-refractivity contribution in [1.82, 2.24) is 0 Å². The van der Waals surface area contributed by atoms with Crippen molar-refractivity contribution in [3.05, 3.63) is 29.3 Å². The molecule has 0 radical (unpaired) electrons. The smallest absolute Gasteiger partial charge is 0.526 e. The van der Waals surface area contributed by atoms with E-state index in [2.05, 4.69) is 0 Å². The van der Waals surface area contributed by atoms with E-state index in [4.69, 9.17) is 9.39 Å². The number of carbonyl (C=O) groups is 2. The number of Topliss-reactive ketones (excluding diaryl/α,β-unsaturated/α-hetero) is 1. The molecule has 1 aromatic rings. The summed E-state index contributed by atoms with van der Waals surface area (Å²) in [6, 6.07) is 5.22. The number of esters is 1. The van der Waals surface area contributed by atoms with Crippen molar-refractivity contribution in [2.24, 2.45) is 0 Å². The maximum absolute atomic E-state index is 12.0. The van der Waals surface area contributed by atoms with Crippen LogP contribution in [0.5, 0.6) is 5.75 Å². The first-order valence-corrected chi connectivity index (χ1v) is 7.16. The van der Waals surface area contributed by atoms with Crippen LogP contribution in [0, 0.1) is 0 Å². The average Bonchev–Trinajstić information content (AvgIpc) is 2.44. The van der Waals surface area contributed by atoms with E-state index in [-0.39, 0.29) is 18.0 Å². The number of ether oxygens (including phenoxy) is 1. The number of benzene rings is 1. The van der Waals surface area contributed by atoms with Crippen molar-refractivity contribution in [3.8, 4) is 5.75 Å². The summed E-state index contributed by atoms with van der Waals surface area (Å²) >= 11 is 0. The van der Waals surface area contributed by atoms with Crippen LogP contribution >= 0.6 is 0 Å². The normalized spacial score (nSPS) is 16.9. The van der Waals surface area contributed by atoms with Crippen molar-refractivity contribution in [2.75, 3.05) is 6.61 Å². The zero-order valence-electron chi connectivity index (χ0n) is 12.3. The van der Waals surface area contributed by atoms with Gasteiger partial charge in [-0.1, -0.05) is 19.1 Å². The Morgan fingerprint density at radius 2 is 2.24 bits per heavy atom. The lowest BCUT2D eigenvalue weighted by molar-refractivity contribution is -0.117. The summed E-state index contributed by atoms with van der Waals surface area (Å²) in [6.07, 6.45) is 1.50. The summed E-state index contributed by atoms with van der Waals surface area (Å²) in [5.74, 6) is -0.363. The minimum atomic E-state index is -1.08. The summed E-state index contributed by atoms with van der Waals surface area (Å²) in [7, 11) is -1.08. The Kier molecular flexibility index (Phi) is 5.01. The molecule has 2 rings (SSSR count). The third kappa shape index (κ3) is 3.64. The van der Waals surface area contributed by atoms with Crippen LogP contribution in [0.15, 0.2) is 18.2 Å². The maximum atomic E-state index is 12.0. The molecule has 0 bridgehead atoms. The molecule has 0 aromatic heterocycles. The second-order valence-electron chi connectivity index (χ2n) is 5.31. The van der Waals surface area contributed by atoms with Crippen LogP contribution in [0.25, 0.3) is 0 Å². The van der Waals surface area contributed by atoms with Gasteiger partial charge in [-0.15, -0.1) is 0 Å². The Hall–Kier alpha value is -1.82. The van der Waals surface area contributed by atoms with E-state index < -0.39 is 13.1 Å². The first-order chi connectivity index (χ1) is 10.0. The van der Waals surface area contributed by atoms with E-state index in [0.29, 0.717) is 24.3 Å². The molecule has 0 saturated heterocycles. The Balaban J connectivity index is 2.23. The predicted molar refractivity (Wildman–Crippen MR) is 78.4 cm³/mol. The van der Waals surface area contributed by atoms with E-state index in [0.717, 1.165) is 12.0 Å². The van der Waals surface area contributed by atoms with Gasteiger partial charge in [0.15, 0.2) is 0 Å². The van der Waals surface area contributed by atoms with Gasteiger partial charge in [0.25, 0.3) is 0 Å². The first-order valence-electron chi connectivity index (χ1n) is 7.16. The number of carbonyl (C=O) groups excluding carboxylic acids is 2. The van der Waals surface area contributed by atoms with Crippen molar-refractivity contribution in [2.45, 2.75) is 38.9 Å². The molecule has 5 nitrogen and oxygen atoms in total. The minimum Gasteiger partial charge on any atom is -0.535 e. The van der Waals surface area contributed by atoms with Crippen molar-refractivity contribution in [3.63, 3.8) is 0 Å². The van der Waals surface area contributed by atoms with E-state index in [9.17, 15) is 14.6 Å². The molecule has 112 valence electrons. The van der Waals surface area contributed by atoms with Gasteiger partial charge in [0, 0.05) is 12.2 Å². The standard InChI is InChI=1S/C15H19BO5/c1-3-7-20-15(18)13-6-4-5-11-9-12(8-10(2)17)16(19)21-14(11)13/h4-6,12,19H,3,7-9H2,1-2H3/t12-/m0/s1. The van der Waals surface area contributed by atoms with Gasteiger partial charge in [0.2, 0.25) is 0 Å². The molecule has 6 heteroatoms. The van der Waals surface area contributed by atoms with Gasteiger partial charge in [-0.3, -0.25) is 0 Å². The molecule has 1 aromatic carbocycles. The van der Waals surface area contributed by atoms with Crippen molar-refractivity contribution < 1.29 is 24.0 Å². The second kappa shape index (κ2) is 6.76. The largest absolute Gasteiger partial charge is 0.535 e. The van der Waals surface area contributed by atoms with E-state index in [1.165, 1.54) is 6.92 Å². The van der Waals surface area contributed by atoms with Crippen LogP contribution in [-0.2, 0) is 16.0 Å². The quantitative estimate of drug-likeness (QED) is 0.663. The monoisotopic (exact) mass is 290 g/mol. The summed E-state index contributed by atoms with van der Waals surface area (Å²) in [5, 5.41) is 10.0. The van der Waals surface area contributed by atoms with Gasteiger partial charge in [0.05, 0.1) is 6.61 Å². The fourth-order valence-corrected chi connectivity index (χ4v) is 2.46. The van der Waals surface area contributed by atoms with Crippen LogP contribution in [0.4, 0.5) is 0 Å². The molecule has 1 aliphatic rings. The molecule has 1 N–H and O–H groups in total. The number of hydrogen-bond donors (Lipinski definition) is 1. The number of hydrogen-bond acceptors (Lipinski definition) is 5. The molecule has 1 heterocycles. The van der Waals surface area contributed by atoms with E-state index >= 15 is 0 Å². The second-order valence-corrected chi connectivity index (χ2v) is 5.31. The average molecular weight is 290 g/mol. The van der Waals surface area contributed by atoms with Gasteiger partial charge >= 0.3 is 13.1 Å². The third-order valence-corrected chi connectivity index (χ3v) is 3.43. The molecule has 0 amide bonds. The van der Waals surface area contributed by atoms with E-state index in [1.807, 2.05) is 13.0 Å². The fourth-order valence-electron chi connectivity index (χ4n) is 2.46. The molecule has 1 aliphatic heterocycles. The molecule has 0 aliphatic carbocycles. The van der Waals surface area contributed by atoms with Crippen LogP contribution in [0.3, 0.4) is 0 Å². The zero-order valence-corrected chi connectivity index (χ0v) is 12.3. The number of para-hydroxylation sites is 1. The lowest BCUT2D eigenvalue weighted by Crippen LogP contribution is -2.35. The summed E-state index contributed by atoms with van der Waals surface area (Å²) in [5.41, 5.74) is 1.14. The lowest BCUT2D eigenvalue weighted by atomic mass is 9.64. The summed E-state index contributed by atoms with van der Waals surface area (Å²) < 4.78 is 10.6. The van der Waals surface area contributed by atoms with Gasteiger partial charge < -0.3 is 19.2 Å². The van der Waals surface area contributed by atoms with Crippen molar-refractivity contribution in [1.29, 1.82) is 0 Å². The van der Waals surface area contributed by atoms with Gasteiger partial charge in [0.1, 0.15) is 17.1 Å². The minimum absolute atomic E-state index is 0.00427. The highest BCUT2D eigenvalue weighted by molar-refractivity contribution is 6.46. The Morgan fingerprint density at radius 3 is 2.90 bits per heavy atom. The van der Waals surface area contributed by atoms with Crippen LogP contribution in [0.1, 0.15) is 42.6 Å². The highest BCUT2D eigenvalue weighted by Crippen LogP contribution is 2.36. The molecule has 1 atom stereocenters. The third-order valence-electron chi connectivity index (χ3n) is 3.43. The number of rotatable bonds is 5. The van der Waals surface area contributed by atoms with Gasteiger partial charge in [-0.25, -0.2) is 4.79 Å². The molecular weight excluding hydrogens is 271 g/mol. The highest BCUT2D eigenvalue weighted by Gasteiger charge is 2.37. The summed E-state index contributed by atoms with van der Waals surface area (Å²) in [4.78, 5) is 23.2. The Morgan fingerprint density at radius 1 is 1.48 bits per heavy atom. The van der Waals surface area contributed by atoms with Gasteiger partial charge in [-0.05, 0) is 31.4 Å².